The second-order valence-electron chi connectivity index (χ2n) is 6.37. The number of rotatable bonds is 5. The van der Waals surface area contributed by atoms with Gasteiger partial charge in [0.15, 0.2) is 0 Å². The molecule has 0 radical (unpaired) electrons. The van der Waals surface area contributed by atoms with Gasteiger partial charge in [0, 0.05) is 5.54 Å². The van der Waals surface area contributed by atoms with E-state index in [0.717, 1.165) is 12.0 Å². The van der Waals surface area contributed by atoms with Gasteiger partial charge in [-0.3, -0.25) is 4.98 Å². The molecule has 0 bridgehead atoms. The number of carboxylic acid groups (broad SMARTS) is 1. The molecule has 2 aromatic rings. The topological polar surface area (TPSA) is 111 Å². The van der Waals surface area contributed by atoms with Crippen LogP contribution in [0.25, 0.3) is 10.9 Å². The van der Waals surface area contributed by atoms with Crippen LogP contribution in [0, 0.1) is 6.92 Å². The molecule has 1 aromatic carbocycles. The maximum absolute atomic E-state index is 11.5. The van der Waals surface area contributed by atoms with E-state index in [2.05, 4.69) is 4.98 Å². The van der Waals surface area contributed by atoms with Crippen LogP contribution < -0.4 is 16.2 Å². The minimum absolute atomic E-state index is 0.0163. The van der Waals surface area contributed by atoms with Gasteiger partial charge in [-0.15, -0.1) is 0 Å². The number of aromatic nitrogens is 1. The number of nitrogen functional groups attached to an aromatic ring is 1. The van der Waals surface area contributed by atoms with Gasteiger partial charge in [0.1, 0.15) is 17.9 Å². The van der Waals surface area contributed by atoms with E-state index < -0.39 is 11.5 Å². The van der Waals surface area contributed by atoms with Crippen molar-refractivity contribution in [3.63, 3.8) is 0 Å². The number of pyridine rings is 1. The Balaban J connectivity index is 2.75. The molecule has 6 heteroatoms. The van der Waals surface area contributed by atoms with Crippen LogP contribution in [0.1, 0.15) is 42.4 Å². The first-order valence-electron chi connectivity index (χ1n) is 7.52. The van der Waals surface area contributed by atoms with Crippen LogP contribution >= 0.6 is 0 Å². The molecule has 0 amide bonds. The van der Waals surface area contributed by atoms with Gasteiger partial charge in [-0.05, 0) is 38.8 Å². The van der Waals surface area contributed by atoms with Gasteiger partial charge in [-0.1, -0.05) is 13.0 Å². The van der Waals surface area contributed by atoms with Crippen molar-refractivity contribution in [2.75, 3.05) is 12.3 Å². The van der Waals surface area contributed by atoms with Gasteiger partial charge >= 0.3 is 5.97 Å². The first-order valence-corrected chi connectivity index (χ1v) is 7.52. The number of hydrogen-bond donors (Lipinski definition) is 3. The number of hydrogen-bond acceptors (Lipinski definition) is 5. The molecular formula is C17H23N3O3. The Morgan fingerprint density at radius 3 is 2.57 bits per heavy atom. The number of fused-ring (bicyclic) bond motifs is 1. The van der Waals surface area contributed by atoms with E-state index in [0.29, 0.717) is 22.3 Å². The lowest BCUT2D eigenvalue weighted by molar-refractivity contribution is 0.0697. The molecule has 6 nitrogen and oxygen atoms in total. The van der Waals surface area contributed by atoms with Gasteiger partial charge in [0.05, 0.1) is 22.3 Å². The highest BCUT2D eigenvalue weighted by molar-refractivity contribution is 6.07. The summed E-state index contributed by atoms with van der Waals surface area (Å²) in [5.41, 5.74) is 13.8. The highest BCUT2D eigenvalue weighted by Crippen LogP contribution is 2.36. The molecule has 23 heavy (non-hydrogen) atoms. The molecular weight excluding hydrogens is 294 g/mol. The monoisotopic (exact) mass is 317 g/mol. The smallest absolute Gasteiger partial charge is 0.339 e. The van der Waals surface area contributed by atoms with Crippen LogP contribution in [-0.4, -0.2) is 28.2 Å². The van der Waals surface area contributed by atoms with Crippen molar-refractivity contribution < 1.29 is 14.6 Å². The minimum Gasteiger partial charge on any atom is -0.491 e. The molecule has 0 atom stereocenters. The molecule has 2 rings (SSSR count). The summed E-state index contributed by atoms with van der Waals surface area (Å²) in [6.07, 6.45) is 0.728. The van der Waals surface area contributed by atoms with E-state index >= 15 is 0 Å². The predicted octanol–water partition coefficient (Wildman–Crippen LogP) is 2.50. The molecule has 0 aliphatic rings. The SMILES string of the molecule is CCc1ccc2nc(C)c(C(=O)O)c(N)c2c1OCC(C)(C)N. The summed E-state index contributed by atoms with van der Waals surface area (Å²) in [6, 6.07) is 3.76. The van der Waals surface area contributed by atoms with E-state index in [9.17, 15) is 9.90 Å². The fourth-order valence-electron chi connectivity index (χ4n) is 2.50. The lowest BCUT2D eigenvalue weighted by atomic mass is 10.0. The van der Waals surface area contributed by atoms with Crippen molar-refractivity contribution in [3.8, 4) is 5.75 Å². The Kier molecular flexibility index (Phi) is 4.47. The highest BCUT2D eigenvalue weighted by Gasteiger charge is 2.22. The van der Waals surface area contributed by atoms with Crippen LogP contribution in [0.5, 0.6) is 5.75 Å². The van der Waals surface area contributed by atoms with Gasteiger partial charge in [-0.2, -0.15) is 0 Å². The molecule has 0 fully saturated rings. The number of anilines is 1. The van der Waals surface area contributed by atoms with E-state index in [-0.39, 0.29) is 17.9 Å². The molecule has 0 unspecified atom stereocenters. The number of carbonyl (C=O) groups is 1. The van der Waals surface area contributed by atoms with Gasteiger partial charge in [-0.25, -0.2) is 4.79 Å². The third-order valence-corrected chi connectivity index (χ3v) is 3.59. The fourth-order valence-corrected chi connectivity index (χ4v) is 2.50. The number of benzene rings is 1. The minimum atomic E-state index is -1.10. The number of nitrogens with zero attached hydrogens (tertiary/aromatic N) is 1. The van der Waals surface area contributed by atoms with Crippen LogP contribution in [-0.2, 0) is 6.42 Å². The third-order valence-electron chi connectivity index (χ3n) is 3.59. The Morgan fingerprint density at radius 2 is 2.04 bits per heavy atom. The molecule has 5 N–H and O–H groups in total. The van der Waals surface area contributed by atoms with Crippen molar-refractivity contribution in [2.45, 2.75) is 39.7 Å². The van der Waals surface area contributed by atoms with Gasteiger partial charge < -0.3 is 21.3 Å². The number of ether oxygens (including phenoxy) is 1. The predicted molar refractivity (Wildman–Crippen MR) is 91.0 cm³/mol. The second-order valence-corrected chi connectivity index (χ2v) is 6.37. The average molecular weight is 317 g/mol. The van der Waals surface area contributed by atoms with E-state index in [1.807, 2.05) is 32.9 Å². The first kappa shape index (κ1) is 17.0. The zero-order chi connectivity index (χ0) is 17.4. The molecule has 1 heterocycles. The van der Waals surface area contributed by atoms with Crippen molar-refractivity contribution in [1.82, 2.24) is 4.98 Å². The maximum atomic E-state index is 11.5. The van der Waals surface area contributed by atoms with Crippen molar-refractivity contribution in [1.29, 1.82) is 0 Å². The van der Waals surface area contributed by atoms with E-state index in [1.54, 1.807) is 6.92 Å². The summed E-state index contributed by atoms with van der Waals surface area (Å²) in [6.45, 7) is 7.64. The Hall–Kier alpha value is -2.34. The third kappa shape index (κ3) is 3.37. The van der Waals surface area contributed by atoms with E-state index in [4.69, 9.17) is 16.2 Å². The normalized spacial score (nSPS) is 11.7. The van der Waals surface area contributed by atoms with Crippen LogP contribution in [0.3, 0.4) is 0 Å². The molecule has 0 saturated carbocycles. The Bertz CT molecular complexity index is 764. The zero-order valence-corrected chi connectivity index (χ0v) is 13.9. The van der Waals surface area contributed by atoms with Gasteiger partial charge in [0.2, 0.25) is 0 Å². The molecule has 0 aliphatic carbocycles. The summed E-state index contributed by atoms with van der Waals surface area (Å²) in [5, 5.41) is 9.94. The fraction of sp³-hybridized carbons (Fsp3) is 0.412. The molecule has 124 valence electrons. The molecule has 1 aromatic heterocycles. The molecule has 0 aliphatic heterocycles. The standard InChI is InChI=1S/C17H23N3O3/c1-5-10-6-7-11-13(15(10)23-8-17(3,4)19)14(18)12(16(21)22)9(2)20-11/h6-7H,5,8,19H2,1-4H3,(H2,18,20)(H,21,22). The Labute approximate surface area is 135 Å². The summed E-state index contributed by atoms with van der Waals surface area (Å²) < 4.78 is 5.92. The lowest BCUT2D eigenvalue weighted by Gasteiger charge is -2.22. The summed E-state index contributed by atoms with van der Waals surface area (Å²) >= 11 is 0. The number of aromatic carboxylic acids is 1. The highest BCUT2D eigenvalue weighted by atomic mass is 16.5. The lowest BCUT2D eigenvalue weighted by Crippen LogP contribution is -2.38. The summed E-state index contributed by atoms with van der Waals surface area (Å²) in [4.78, 5) is 15.9. The quantitative estimate of drug-likeness (QED) is 0.781. The second kappa shape index (κ2) is 6.04. The van der Waals surface area contributed by atoms with E-state index in [1.165, 1.54) is 0 Å². The maximum Gasteiger partial charge on any atom is 0.339 e. The van der Waals surface area contributed by atoms with Crippen molar-refractivity contribution in [3.05, 3.63) is 29.0 Å². The van der Waals surface area contributed by atoms with Crippen molar-refractivity contribution in [2.24, 2.45) is 5.73 Å². The average Bonchev–Trinajstić information content (AvgIpc) is 2.43. The summed E-state index contributed by atoms with van der Waals surface area (Å²) in [7, 11) is 0. The number of nitrogens with two attached hydrogens (primary N) is 2. The summed E-state index contributed by atoms with van der Waals surface area (Å²) in [5.74, 6) is -0.530. The van der Waals surface area contributed by atoms with Crippen molar-refractivity contribution >= 4 is 22.6 Å². The number of aryl methyl sites for hydroxylation is 2. The van der Waals surface area contributed by atoms with Crippen LogP contribution in [0.15, 0.2) is 12.1 Å². The number of carboxylic acids is 1. The molecule has 0 spiro atoms. The zero-order valence-electron chi connectivity index (χ0n) is 13.9. The Morgan fingerprint density at radius 1 is 1.39 bits per heavy atom. The molecule has 0 saturated heterocycles. The van der Waals surface area contributed by atoms with Crippen LogP contribution in [0.4, 0.5) is 5.69 Å². The largest absolute Gasteiger partial charge is 0.491 e. The van der Waals surface area contributed by atoms with Gasteiger partial charge in [0.25, 0.3) is 0 Å². The van der Waals surface area contributed by atoms with Crippen LogP contribution in [0.2, 0.25) is 0 Å². The first-order chi connectivity index (χ1) is 10.7.